The summed E-state index contributed by atoms with van der Waals surface area (Å²) < 4.78 is 36.9. The van der Waals surface area contributed by atoms with Gasteiger partial charge in [-0.15, -0.1) is 0 Å². The lowest BCUT2D eigenvalue weighted by Crippen LogP contribution is -2.58. The number of hydrogen-bond acceptors (Lipinski definition) is 11. The third kappa shape index (κ3) is 9.15. The molecule has 0 aromatic heterocycles. The fraction of sp³-hybridized carbons (Fsp3) is 0.939. The van der Waals surface area contributed by atoms with E-state index in [-0.39, 0.29) is 32.3 Å². The number of hydrogen-bond donors (Lipinski definition) is 4. The second-order valence-electron chi connectivity index (χ2n) is 14.1. The summed E-state index contributed by atoms with van der Waals surface area (Å²) in [6.07, 6.45) is -4.90. The van der Waals surface area contributed by atoms with Crippen LogP contribution in [0.1, 0.15) is 94.9 Å². The maximum absolute atomic E-state index is 13.8. The molecule has 2 heterocycles. The zero-order valence-corrected chi connectivity index (χ0v) is 29.2. The van der Waals surface area contributed by atoms with E-state index in [0.29, 0.717) is 5.71 Å². The van der Waals surface area contributed by atoms with Gasteiger partial charge in [-0.3, -0.25) is 9.18 Å². The number of aliphatic hydroxyl groups excluding tert-OH is 2. The van der Waals surface area contributed by atoms with E-state index in [1.165, 1.54) is 14.0 Å². The summed E-state index contributed by atoms with van der Waals surface area (Å²) in [4.78, 5) is 19.2. The molecule has 2 rings (SSSR count). The Labute approximate surface area is 268 Å². The first-order valence-corrected chi connectivity index (χ1v) is 16.4. The van der Waals surface area contributed by atoms with Gasteiger partial charge in [-0.1, -0.05) is 39.8 Å². The van der Waals surface area contributed by atoms with Gasteiger partial charge in [0.15, 0.2) is 6.29 Å². The molecule has 0 bridgehead atoms. The zero-order valence-electron chi connectivity index (χ0n) is 29.2. The summed E-state index contributed by atoms with van der Waals surface area (Å²) in [5, 5.41) is 50.1. The molecule has 45 heavy (non-hydrogen) atoms. The Hall–Kier alpha value is -1.41. The van der Waals surface area contributed by atoms with Gasteiger partial charge in [0.25, 0.3) is 0 Å². The zero-order chi connectivity index (χ0) is 34.5. The molecule has 264 valence electrons. The second kappa shape index (κ2) is 16.1. The smallest absolute Gasteiger partial charge is 0.311 e. The molecule has 2 saturated heterocycles. The lowest BCUT2D eigenvalue weighted by Gasteiger charge is -2.47. The second-order valence-corrected chi connectivity index (χ2v) is 14.1. The molecule has 2 aliphatic heterocycles. The van der Waals surface area contributed by atoms with Crippen molar-refractivity contribution in [1.82, 2.24) is 0 Å². The third-order valence-corrected chi connectivity index (χ3v) is 10.5. The number of carbonyl (C=O) groups is 1. The topological polar surface area (TPSA) is 156 Å². The molecular formula is C33H60FNO10. The van der Waals surface area contributed by atoms with Crippen LogP contribution in [0.15, 0.2) is 5.16 Å². The number of carbonyl (C=O) groups excluding carboxylic acids is 1. The summed E-state index contributed by atoms with van der Waals surface area (Å²) in [7, 11) is 1.51. The van der Waals surface area contributed by atoms with Gasteiger partial charge in [0.2, 0.25) is 0 Å². The van der Waals surface area contributed by atoms with Crippen LogP contribution >= 0.6 is 0 Å². The van der Waals surface area contributed by atoms with E-state index in [9.17, 15) is 29.6 Å². The van der Waals surface area contributed by atoms with Gasteiger partial charge in [-0.2, -0.15) is 0 Å². The molecule has 0 radical (unpaired) electrons. The van der Waals surface area contributed by atoms with Gasteiger partial charge in [0.05, 0.1) is 47.8 Å². The fourth-order valence-corrected chi connectivity index (χ4v) is 6.95. The number of cyclic esters (lactones) is 1. The molecule has 2 aliphatic rings. The van der Waals surface area contributed by atoms with E-state index in [1.807, 2.05) is 20.8 Å². The van der Waals surface area contributed by atoms with Crippen LogP contribution in [0.4, 0.5) is 4.39 Å². The number of halogens is 1. The van der Waals surface area contributed by atoms with Crippen LogP contribution in [0.2, 0.25) is 0 Å². The Bertz CT molecular complexity index is 979. The molecule has 0 amide bonds. The van der Waals surface area contributed by atoms with E-state index in [2.05, 4.69) is 5.16 Å². The monoisotopic (exact) mass is 649 g/mol. The molecule has 0 saturated carbocycles. The maximum Gasteiger partial charge on any atom is 0.311 e. The first kappa shape index (κ1) is 39.8. The average molecular weight is 650 g/mol. The van der Waals surface area contributed by atoms with Gasteiger partial charge in [0.1, 0.15) is 24.4 Å². The summed E-state index contributed by atoms with van der Waals surface area (Å²) in [5.41, 5.74) is -3.76. The van der Waals surface area contributed by atoms with Crippen LogP contribution < -0.4 is 0 Å². The summed E-state index contributed by atoms with van der Waals surface area (Å²) >= 11 is 0. The molecule has 0 aliphatic carbocycles. The van der Waals surface area contributed by atoms with Crippen molar-refractivity contribution in [3.05, 3.63) is 0 Å². The lowest BCUT2D eigenvalue weighted by molar-refractivity contribution is -0.298. The SMILES string of the molecule is CC[C@H]1OC(=O)[C@H](C)[C@@H](O[C@H]2C[C@@](C)(OC)[C@@H](O)[C@H](C)O2)[C@H](C)[C@@H](C)[C@](C)(O)C[C@@H](C)/C(=N\OCCCF)[C@H](C)[C@H](O)[C@]1(C)O. The Morgan fingerprint density at radius 3 is 2.18 bits per heavy atom. The molecule has 12 heteroatoms. The number of alkyl halides is 1. The van der Waals surface area contributed by atoms with E-state index in [1.54, 1.807) is 41.5 Å². The third-order valence-electron chi connectivity index (χ3n) is 10.5. The molecule has 14 atom stereocenters. The van der Waals surface area contributed by atoms with Crippen LogP contribution in [-0.2, 0) is 28.6 Å². The summed E-state index contributed by atoms with van der Waals surface area (Å²) in [6, 6.07) is 0. The number of nitrogens with zero attached hydrogens (tertiary/aromatic N) is 1. The van der Waals surface area contributed by atoms with Gasteiger partial charge in [0, 0.05) is 31.8 Å². The van der Waals surface area contributed by atoms with E-state index < -0.39 is 95.8 Å². The van der Waals surface area contributed by atoms with Crippen molar-refractivity contribution >= 4 is 11.7 Å². The molecule has 11 nitrogen and oxygen atoms in total. The van der Waals surface area contributed by atoms with Crippen molar-refractivity contribution in [1.29, 1.82) is 0 Å². The maximum atomic E-state index is 13.8. The molecular weight excluding hydrogens is 589 g/mol. The van der Waals surface area contributed by atoms with Crippen LogP contribution in [0.25, 0.3) is 0 Å². The lowest BCUT2D eigenvalue weighted by atomic mass is 9.70. The predicted octanol–water partition coefficient (Wildman–Crippen LogP) is 3.77. The highest BCUT2D eigenvalue weighted by molar-refractivity contribution is 5.88. The Morgan fingerprint density at radius 2 is 1.62 bits per heavy atom. The standard InChI is InChI=1S/C33H60FNO10/c1-12-24-33(10,40)28(36)20(4)26(35-42-15-13-14-34)18(2)16-31(8,39)22(6)19(3)27(21(5)30(38)44-24)45-25-17-32(9,41-11)29(37)23(7)43-25/h18-25,27-29,36-37,39-40H,12-17H2,1-11H3/b35-26+/t18-,19-,20+,21-,22-,23+,24-,25+,27+,28+,29+,31-,32-,33-/m1/s1. The number of ether oxygens (including phenoxy) is 4. The Morgan fingerprint density at radius 1 is 1.00 bits per heavy atom. The van der Waals surface area contributed by atoms with Crippen LogP contribution in [0.5, 0.6) is 0 Å². The van der Waals surface area contributed by atoms with Crippen molar-refractivity contribution < 1.29 is 53.4 Å². The molecule has 0 spiro atoms. The van der Waals surface area contributed by atoms with Crippen molar-refractivity contribution in [2.45, 2.75) is 149 Å². The van der Waals surface area contributed by atoms with Crippen LogP contribution in [-0.4, -0.2) is 106 Å². The van der Waals surface area contributed by atoms with Gasteiger partial charge in [-0.25, -0.2) is 0 Å². The molecule has 2 fully saturated rings. The summed E-state index contributed by atoms with van der Waals surface area (Å²) in [5.74, 6) is -3.53. The Kier molecular flexibility index (Phi) is 14.3. The largest absolute Gasteiger partial charge is 0.459 e. The van der Waals surface area contributed by atoms with Crippen molar-refractivity contribution in [2.75, 3.05) is 20.4 Å². The molecule has 0 aromatic rings. The number of esters is 1. The minimum absolute atomic E-state index is 0.0306. The highest BCUT2D eigenvalue weighted by Crippen LogP contribution is 2.40. The van der Waals surface area contributed by atoms with Gasteiger partial charge in [-0.05, 0) is 59.3 Å². The highest BCUT2D eigenvalue weighted by Gasteiger charge is 2.50. The van der Waals surface area contributed by atoms with Crippen molar-refractivity contribution in [3.8, 4) is 0 Å². The first-order chi connectivity index (χ1) is 20.8. The predicted molar refractivity (Wildman–Crippen MR) is 167 cm³/mol. The number of oxime groups is 1. The minimum Gasteiger partial charge on any atom is -0.459 e. The number of rotatable bonds is 8. The fourth-order valence-electron chi connectivity index (χ4n) is 6.95. The quantitative estimate of drug-likeness (QED) is 0.173. The van der Waals surface area contributed by atoms with Crippen LogP contribution in [0, 0.1) is 29.6 Å². The first-order valence-electron chi connectivity index (χ1n) is 16.4. The molecule has 4 N–H and O–H groups in total. The molecule has 0 aromatic carbocycles. The minimum atomic E-state index is -1.89. The number of aliphatic hydroxyl groups is 4. The van der Waals surface area contributed by atoms with Crippen molar-refractivity contribution in [2.24, 2.45) is 34.7 Å². The highest BCUT2D eigenvalue weighted by atomic mass is 19.1. The normalized spacial score (nSPS) is 46.8. The van der Waals surface area contributed by atoms with Gasteiger partial charge >= 0.3 is 5.97 Å². The molecule has 0 unspecified atom stereocenters. The van der Waals surface area contributed by atoms with Gasteiger partial charge < -0.3 is 44.2 Å². The van der Waals surface area contributed by atoms with E-state index >= 15 is 0 Å². The van der Waals surface area contributed by atoms with Crippen molar-refractivity contribution in [3.63, 3.8) is 0 Å². The van der Waals surface area contributed by atoms with E-state index in [4.69, 9.17) is 23.8 Å². The Balaban J connectivity index is 2.60. The van der Waals surface area contributed by atoms with Crippen LogP contribution in [0.3, 0.4) is 0 Å². The number of methoxy groups -OCH3 is 1. The summed E-state index contributed by atoms with van der Waals surface area (Å²) in [6.45, 7) is 16.8. The van der Waals surface area contributed by atoms with E-state index in [0.717, 1.165) is 0 Å². The average Bonchev–Trinajstić information content (AvgIpc) is 2.98.